The van der Waals surface area contributed by atoms with E-state index in [1.165, 1.54) is 0 Å². The summed E-state index contributed by atoms with van der Waals surface area (Å²) >= 11 is 5.72. The molecule has 4 nitrogen and oxygen atoms in total. The summed E-state index contributed by atoms with van der Waals surface area (Å²) in [6, 6.07) is 0.279. The molecule has 0 spiro atoms. The Labute approximate surface area is 123 Å². The molecule has 0 bridgehead atoms. The molecule has 0 unspecified atom stereocenters. The maximum Gasteiger partial charge on any atom is 0.417 e. The molecule has 0 aromatic carbocycles. The predicted octanol–water partition coefficient (Wildman–Crippen LogP) is 3.26. The van der Waals surface area contributed by atoms with Crippen LogP contribution in [-0.2, 0) is 6.18 Å². The summed E-state index contributed by atoms with van der Waals surface area (Å²) in [6.45, 7) is 1.60. The molecule has 2 heterocycles. The molecule has 0 aliphatic carbocycles. The minimum absolute atomic E-state index is 0. The number of nitrogens with zero attached hydrogens (tertiary/aromatic N) is 3. The van der Waals surface area contributed by atoms with Gasteiger partial charge in [0.25, 0.3) is 0 Å². The van der Waals surface area contributed by atoms with Gasteiger partial charge < -0.3 is 5.73 Å². The Kier molecular flexibility index (Phi) is 5.88. The Balaban J connectivity index is 0.00000162. The highest BCUT2D eigenvalue weighted by molar-refractivity contribution is 6.33. The van der Waals surface area contributed by atoms with Gasteiger partial charge >= 0.3 is 6.18 Å². The fourth-order valence-corrected chi connectivity index (χ4v) is 1.68. The molecule has 0 aliphatic heterocycles. The number of hydrogen-bond acceptors (Lipinski definition) is 3. The standard InChI is InChI=1S/C9H8ClF3N4.2ClH/c1-4(14)7-15-16-8-6(10)2-5(3-17(7)8)9(11,12)13;;/h2-4H,14H2,1H3;2*1H/t4-;;/m0../s1. The minimum atomic E-state index is -4.47. The largest absolute Gasteiger partial charge is 0.417 e. The average molecular weight is 338 g/mol. The number of rotatable bonds is 1. The summed E-state index contributed by atoms with van der Waals surface area (Å²) in [5.74, 6) is 0.230. The van der Waals surface area contributed by atoms with Gasteiger partial charge in [0, 0.05) is 6.20 Å². The van der Waals surface area contributed by atoms with E-state index in [1.54, 1.807) is 6.92 Å². The lowest BCUT2D eigenvalue weighted by atomic mass is 10.2. The number of halogens is 6. The summed E-state index contributed by atoms with van der Waals surface area (Å²) in [5, 5.41) is 7.30. The van der Waals surface area contributed by atoms with Crippen LogP contribution in [0.5, 0.6) is 0 Å². The van der Waals surface area contributed by atoms with E-state index in [0.29, 0.717) is 0 Å². The van der Waals surface area contributed by atoms with Crippen LogP contribution in [0.25, 0.3) is 5.65 Å². The van der Waals surface area contributed by atoms with E-state index in [1.807, 2.05) is 0 Å². The molecule has 1 atom stereocenters. The Morgan fingerprint density at radius 1 is 1.32 bits per heavy atom. The molecule has 2 rings (SSSR count). The van der Waals surface area contributed by atoms with Gasteiger partial charge in [-0.15, -0.1) is 35.0 Å². The van der Waals surface area contributed by atoms with Gasteiger partial charge in [0.2, 0.25) is 0 Å². The second-order valence-corrected chi connectivity index (χ2v) is 4.02. The van der Waals surface area contributed by atoms with Crippen molar-refractivity contribution >= 4 is 42.1 Å². The van der Waals surface area contributed by atoms with Crippen LogP contribution in [0.15, 0.2) is 12.3 Å². The fourth-order valence-electron chi connectivity index (χ4n) is 1.44. The zero-order valence-corrected chi connectivity index (χ0v) is 11.9. The first kappa shape index (κ1) is 18.2. The predicted molar refractivity (Wildman–Crippen MR) is 70.1 cm³/mol. The quantitative estimate of drug-likeness (QED) is 0.869. The van der Waals surface area contributed by atoms with Crippen molar-refractivity contribution in [3.8, 4) is 0 Å². The lowest BCUT2D eigenvalue weighted by molar-refractivity contribution is -0.137. The zero-order chi connectivity index (χ0) is 12.8. The number of alkyl halides is 3. The molecule has 2 aromatic heterocycles. The summed E-state index contributed by atoms with van der Waals surface area (Å²) in [4.78, 5) is 0. The van der Waals surface area contributed by atoms with Crippen LogP contribution < -0.4 is 5.73 Å². The second-order valence-electron chi connectivity index (χ2n) is 3.61. The van der Waals surface area contributed by atoms with Crippen LogP contribution in [0.4, 0.5) is 13.2 Å². The van der Waals surface area contributed by atoms with Crippen molar-refractivity contribution in [3.05, 3.63) is 28.7 Å². The maximum absolute atomic E-state index is 12.6. The van der Waals surface area contributed by atoms with Crippen LogP contribution >= 0.6 is 36.4 Å². The number of nitrogens with two attached hydrogens (primary N) is 1. The first-order chi connectivity index (χ1) is 7.80. The van der Waals surface area contributed by atoms with Crippen LogP contribution in [0.1, 0.15) is 24.4 Å². The van der Waals surface area contributed by atoms with E-state index in [4.69, 9.17) is 17.3 Å². The SMILES string of the molecule is C[C@H](N)c1nnc2c(Cl)cc(C(F)(F)F)cn12.Cl.Cl. The van der Waals surface area contributed by atoms with Gasteiger partial charge in [-0.05, 0) is 13.0 Å². The second kappa shape index (κ2) is 6.13. The summed E-state index contributed by atoms with van der Waals surface area (Å²) in [5.41, 5.74) is 4.88. The van der Waals surface area contributed by atoms with Crippen LogP contribution in [-0.4, -0.2) is 14.6 Å². The van der Waals surface area contributed by atoms with Gasteiger partial charge in [0.1, 0.15) is 0 Å². The molecule has 0 amide bonds. The van der Waals surface area contributed by atoms with Gasteiger partial charge in [-0.1, -0.05) is 11.6 Å². The maximum atomic E-state index is 12.6. The summed E-state index contributed by atoms with van der Waals surface area (Å²) in [6.07, 6.45) is -3.59. The highest BCUT2D eigenvalue weighted by Crippen LogP contribution is 2.32. The lowest BCUT2D eigenvalue weighted by Gasteiger charge is -2.09. The van der Waals surface area contributed by atoms with Crippen molar-refractivity contribution in [1.29, 1.82) is 0 Å². The zero-order valence-electron chi connectivity index (χ0n) is 9.48. The van der Waals surface area contributed by atoms with Gasteiger partial charge in [0.15, 0.2) is 11.5 Å². The van der Waals surface area contributed by atoms with Gasteiger partial charge in [-0.3, -0.25) is 4.40 Å². The van der Waals surface area contributed by atoms with Gasteiger partial charge in [-0.2, -0.15) is 13.2 Å². The third kappa shape index (κ3) is 3.42. The van der Waals surface area contributed by atoms with E-state index < -0.39 is 17.8 Å². The van der Waals surface area contributed by atoms with Crippen molar-refractivity contribution in [2.75, 3.05) is 0 Å². The Morgan fingerprint density at radius 3 is 2.37 bits per heavy atom. The van der Waals surface area contributed by atoms with E-state index in [0.717, 1.165) is 16.7 Å². The van der Waals surface area contributed by atoms with Gasteiger partial charge in [-0.25, -0.2) is 0 Å². The highest BCUT2D eigenvalue weighted by atomic mass is 35.5. The first-order valence-electron chi connectivity index (χ1n) is 4.67. The summed E-state index contributed by atoms with van der Waals surface area (Å²) < 4.78 is 38.9. The van der Waals surface area contributed by atoms with Crippen LogP contribution in [0.3, 0.4) is 0 Å². The number of hydrogen-bond donors (Lipinski definition) is 1. The number of fused-ring (bicyclic) bond motifs is 1. The molecule has 10 heteroatoms. The topological polar surface area (TPSA) is 56.2 Å². The number of pyridine rings is 1. The third-order valence-corrected chi connectivity index (χ3v) is 2.50. The van der Waals surface area contributed by atoms with E-state index >= 15 is 0 Å². The normalized spacial score (nSPS) is 12.7. The molecule has 0 fully saturated rings. The van der Waals surface area contributed by atoms with Crippen molar-refractivity contribution < 1.29 is 13.2 Å². The molecular formula is C9H10Cl3F3N4. The Hall–Kier alpha value is -0.760. The molecule has 2 aromatic rings. The minimum Gasteiger partial charge on any atom is -0.322 e. The third-order valence-electron chi connectivity index (χ3n) is 2.22. The van der Waals surface area contributed by atoms with Crippen molar-refractivity contribution in [1.82, 2.24) is 14.6 Å². The van der Waals surface area contributed by atoms with E-state index in [9.17, 15) is 13.2 Å². The number of aromatic nitrogens is 3. The molecule has 0 aliphatic rings. The van der Waals surface area contributed by atoms with Crippen LogP contribution in [0, 0.1) is 0 Å². The Morgan fingerprint density at radius 2 is 1.89 bits per heavy atom. The average Bonchev–Trinajstić information content (AvgIpc) is 2.60. The van der Waals surface area contributed by atoms with Crippen LogP contribution in [0.2, 0.25) is 5.02 Å². The molecule has 0 saturated heterocycles. The van der Waals surface area contributed by atoms with Gasteiger partial charge in [0.05, 0.1) is 16.6 Å². The fraction of sp³-hybridized carbons (Fsp3) is 0.333. The van der Waals surface area contributed by atoms with Crippen molar-refractivity contribution in [3.63, 3.8) is 0 Å². The molecule has 19 heavy (non-hydrogen) atoms. The lowest BCUT2D eigenvalue weighted by Crippen LogP contribution is -2.12. The molecule has 2 N–H and O–H groups in total. The first-order valence-corrected chi connectivity index (χ1v) is 5.05. The van der Waals surface area contributed by atoms with Crippen molar-refractivity contribution in [2.45, 2.75) is 19.1 Å². The Bertz CT molecular complexity index is 568. The molecule has 0 saturated carbocycles. The molecular weight excluding hydrogens is 327 g/mol. The highest BCUT2D eigenvalue weighted by Gasteiger charge is 2.32. The monoisotopic (exact) mass is 336 g/mol. The van der Waals surface area contributed by atoms with E-state index in [2.05, 4.69) is 10.2 Å². The molecule has 0 radical (unpaired) electrons. The molecule has 108 valence electrons. The summed E-state index contributed by atoms with van der Waals surface area (Å²) in [7, 11) is 0. The smallest absolute Gasteiger partial charge is 0.322 e. The van der Waals surface area contributed by atoms with E-state index in [-0.39, 0.29) is 41.3 Å². The van der Waals surface area contributed by atoms with Crippen molar-refractivity contribution in [2.24, 2.45) is 5.73 Å².